The predicted octanol–water partition coefficient (Wildman–Crippen LogP) is 0.231. The molecular weight excluding hydrogens is 260 g/mol. The minimum absolute atomic E-state index is 0.0678. The molecule has 1 aliphatic carbocycles. The van der Waals surface area contributed by atoms with Crippen molar-refractivity contribution in [3.8, 4) is 0 Å². The Morgan fingerprint density at radius 2 is 2.25 bits per heavy atom. The van der Waals surface area contributed by atoms with Gasteiger partial charge in [-0.25, -0.2) is 0 Å². The van der Waals surface area contributed by atoms with Crippen molar-refractivity contribution in [3.63, 3.8) is 0 Å². The van der Waals surface area contributed by atoms with Crippen molar-refractivity contribution >= 4 is 17.5 Å². The molecular formula is C13H18N4O3. The highest BCUT2D eigenvalue weighted by Crippen LogP contribution is 2.32. The average Bonchev–Trinajstić information content (AvgIpc) is 3.08. The van der Waals surface area contributed by atoms with Crippen LogP contribution in [0.5, 0.6) is 0 Å². The van der Waals surface area contributed by atoms with E-state index in [1.165, 1.54) is 4.90 Å². The van der Waals surface area contributed by atoms with Crippen molar-refractivity contribution in [1.82, 2.24) is 14.7 Å². The van der Waals surface area contributed by atoms with Crippen LogP contribution in [0, 0.1) is 0 Å². The van der Waals surface area contributed by atoms with Crippen molar-refractivity contribution in [2.75, 3.05) is 19.0 Å². The van der Waals surface area contributed by atoms with E-state index in [9.17, 15) is 9.59 Å². The largest absolute Gasteiger partial charge is 0.383 e. The standard InChI is InChI=1S/C13H18N4O3/c1-20-5-4-16-8-9(7-14-16)15-11-6-12(18)17(13(11)19)10-2-3-10/h7-8,10-11,15H,2-6H2,1H3. The maximum Gasteiger partial charge on any atom is 0.252 e. The lowest BCUT2D eigenvalue weighted by Gasteiger charge is -2.14. The fraction of sp³-hybridized carbons (Fsp3) is 0.615. The molecule has 2 heterocycles. The minimum Gasteiger partial charge on any atom is -0.383 e. The van der Waals surface area contributed by atoms with Crippen LogP contribution < -0.4 is 5.32 Å². The molecule has 0 aromatic carbocycles. The van der Waals surface area contributed by atoms with Gasteiger partial charge in [0, 0.05) is 19.3 Å². The number of ether oxygens (including phenoxy) is 1. The topological polar surface area (TPSA) is 76.5 Å². The SMILES string of the molecule is COCCn1cc(NC2CC(=O)N(C3CC3)C2=O)cn1. The summed E-state index contributed by atoms with van der Waals surface area (Å²) in [6, 6.07) is -0.311. The number of imide groups is 1. The Hall–Kier alpha value is -1.89. The molecule has 0 spiro atoms. The summed E-state index contributed by atoms with van der Waals surface area (Å²) in [6.45, 7) is 1.24. The first-order valence-electron chi connectivity index (χ1n) is 6.83. The Morgan fingerprint density at radius 3 is 2.95 bits per heavy atom. The Kier molecular flexibility index (Phi) is 3.43. The van der Waals surface area contributed by atoms with Crippen LogP contribution in [0.4, 0.5) is 5.69 Å². The van der Waals surface area contributed by atoms with Gasteiger partial charge in [-0.2, -0.15) is 5.10 Å². The summed E-state index contributed by atoms with van der Waals surface area (Å²) in [5.74, 6) is -0.177. The van der Waals surface area contributed by atoms with E-state index in [2.05, 4.69) is 10.4 Å². The van der Waals surface area contributed by atoms with E-state index in [1.807, 2.05) is 6.20 Å². The van der Waals surface area contributed by atoms with Crippen molar-refractivity contribution < 1.29 is 14.3 Å². The second kappa shape index (κ2) is 5.24. The number of anilines is 1. The molecule has 3 rings (SSSR count). The molecule has 2 aliphatic rings. The van der Waals surface area contributed by atoms with Gasteiger partial charge in [-0.3, -0.25) is 19.2 Å². The average molecular weight is 278 g/mol. The van der Waals surface area contributed by atoms with Crippen molar-refractivity contribution in [3.05, 3.63) is 12.4 Å². The second-order valence-electron chi connectivity index (χ2n) is 5.22. The molecule has 1 unspecified atom stereocenters. The number of carbonyl (C=O) groups excluding carboxylic acids is 2. The summed E-state index contributed by atoms with van der Waals surface area (Å²) in [7, 11) is 1.64. The summed E-state index contributed by atoms with van der Waals surface area (Å²) >= 11 is 0. The van der Waals surface area contributed by atoms with Crippen LogP contribution in [0.1, 0.15) is 19.3 Å². The Bertz CT molecular complexity index is 523. The summed E-state index contributed by atoms with van der Waals surface area (Å²) < 4.78 is 6.72. The van der Waals surface area contributed by atoms with Crippen LogP contribution in [-0.4, -0.2) is 52.3 Å². The van der Waals surface area contributed by atoms with Gasteiger partial charge < -0.3 is 10.1 Å². The molecule has 2 fully saturated rings. The molecule has 1 atom stereocenters. The second-order valence-corrected chi connectivity index (χ2v) is 5.22. The van der Waals surface area contributed by atoms with E-state index in [0.29, 0.717) is 13.2 Å². The number of methoxy groups -OCH3 is 1. The molecule has 1 saturated carbocycles. The summed E-state index contributed by atoms with van der Waals surface area (Å²) in [5, 5.41) is 7.26. The molecule has 20 heavy (non-hydrogen) atoms. The van der Waals surface area contributed by atoms with Gasteiger partial charge in [-0.1, -0.05) is 0 Å². The predicted molar refractivity (Wildman–Crippen MR) is 71.0 cm³/mol. The first-order chi connectivity index (χ1) is 9.69. The molecule has 0 radical (unpaired) electrons. The molecule has 1 aliphatic heterocycles. The van der Waals surface area contributed by atoms with Crippen LogP contribution in [0.2, 0.25) is 0 Å². The lowest BCUT2D eigenvalue weighted by atomic mass is 10.2. The Balaban J connectivity index is 1.61. The van der Waals surface area contributed by atoms with E-state index < -0.39 is 6.04 Å². The van der Waals surface area contributed by atoms with Crippen LogP contribution in [0.15, 0.2) is 12.4 Å². The number of amides is 2. The van der Waals surface area contributed by atoms with E-state index in [1.54, 1.807) is 18.0 Å². The van der Waals surface area contributed by atoms with Crippen LogP contribution >= 0.6 is 0 Å². The number of likely N-dealkylation sites (tertiary alicyclic amines) is 1. The quantitative estimate of drug-likeness (QED) is 0.754. The van der Waals surface area contributed by atoms with E-state index >= 15 is 0 Å². The third-order valence-electron chi connectivity index (χ3n) is 3.59. The van der Waals surface area contributed by atoms with Crippen LogP contribution in [0.25, 0.3) is 0 Å². The normalized spacial score (nSPS) is 22.6. The smallest absolute Gasteiger partial charge is 0.252 e. The number of hydrogen-bond acceptors (Lipinski definition) is 5. The van der Waals surface area contributed by atoms with Gasteiger partial charge in [-0.15, -0.1) is 0 Å². The molecule has 0 bridgehead atoms. The highest BCUT2D eigenvalue weighted by Gasteiger charge is 2.46. The zero-order valence-electron chi connectivity index (χ0n) is 11.4. The highest BCUT2D eigenvalue weighted by molar-refractivity contribution is 6.07. The number of nitrogens with zero attached hydrogens (tertiary/aromatic N) is 3. The fourth-order valence-corrected chi connectivity index (χ4v) is 2.43. The zero-order chi connectivity index (χ0) is 14.1. The first kappa shape index (κ1) is 13.1. The van der Waals surface area contributed by atoms with Gasteiger partial charge >= 0.3 is 0 Å². The minimum atomic E-state index is -0.455. The molecule has 1 N–H and O–H groups in total. The van der Waals surface area contributed by atoms with Crippen molar-refractivity contribution in [1.29, 1.82) is 0 Å². The maximum atomic E-state index is 12.2. The first-order valence-corrected chi connectivity index (χ1v) is 6.83. The maximum absolute atomic E-state index is 12.2. The molecule has 1 aromatic heterocycles. The number of rotatable bonds is 6. The summed E-state index contributed by atoms with van der Waals surface area (Å²) in [6.07, 6.45) is 5.60. The molecule has 1 saturated heterocycles. The molecule has 7 heteroatoms. The Labute approximate surface area is 116 Å². The van der Waals surface area contributed by atoms with Gasteiger partial charge in [0.2, 0.25) is 5.91 Å². The van der Waals surface area contributed by atoms with E-state index in [0.717, 1.165) is 18.5 Å². The molecule has 7 nitrogen and oxygen atoms in total. The number of nitrogens with one attached hydrogen (secondary N) is 1. The third-order valence-corrected chi connectivity index (χ3v) is 3.59. The van der Waals surface area contributed by atoms with Gasteiger partial charge in [0.05, 0.1) is 31.5 Å². The van der Waals surface area contributed by atoms with Gasteiger partial charge in [0.15, 0.2) is 0 Å². The zero-order valence-corrected chi connectivity index (χ0v) is 11.4. The van der Waals surface area contributed by atoms with Crippen LogP contribution in [-0.2, 0) is 20.9 Å². The van der Waals surface area contributed by atoms with Gasteiger partial charge in [0.25, 0.3) is 5.91 Å². The third kappa shape index (κ3) is 2.53. The lowest BCUT2D eigenvalue weighted by molar-refractivity contribution is -0.139. The number of carbonyl (C=O) groups is 2. The van der Waals surface area contributed by atoms with Gasteiger partial charge in [0.1, 0.15) is 6.04 Å². The van der Waals surface area contributed by atoms with Crippen LogP contribution in [0.3, 0.4) is 0 Å². The van der Waals surface area contributed by atoms with Crippen molar-refractivity contribution in [2.24, 2.45) is 0 Å². The highest BCUT2D eigenvalue weighted by atomic mass is 16.5. The molecule has 1 aromatic rings. The molecule has 2 amide bonds. The number of aromatic nitrogens is 2. The number of hydrogen-bond donors (Lipinski definition) is 1. The Morgan fingerprint density at radius 1 is 1.45 bits per heavy atom. The van der Waals surface area contributed by atoms with Gasteiger partial charge in [-0.05, 0) is 12.8 Å². The van der Waals surface area contributed by atoms with E-state index in [4.69, 9.17) is 4.74 Å². The van der Waals surface area contributed by atoms with Crippen molar-refractivity contribution in [2.45, 2.75) is 37.9 Å². The summed E-state index contributed by atoms with van der Waals surface area (Å²) in [4.78, 5) is 25.4. The monoisotopic (exact) mass is 278 g/mol. The molecule has 108 valence electrons. The fourth-order valence-electron chi connectivity index (χ4n) is 2.43. The lowest BCUT2D eigenvalue weighted by Crippen LogP contribution is -2.36. The summed E-state index contributed by atoms with van der Waals surface area (Å²) in [5.41, 5.74) is 0.755. The van der Waals surface area contributed by atoms with E-state index in [-0.39, 0.29) is 24.3 Å².